The van der Waals surface area contributed by atoms with Gasteiger partial charge < -0.3 is 0 Å². The van der Waals surface area contributed by atoms with E-state index in [4.69, 9.17) is 0 Å². The van der Waals surface area contributed by atoms with Crippen molar-refractivity contribution in [2.75, 3.05) is 0 Å². The molecule has 2 aromatic carbocycles. The van der Waals surface area contributed by atoms with E-state index in [1.165, 1.54) is 0 Å². The van der Waals surface area contributed by atoms with Crippen LogP contribution < -0.4 is 4.72 Å². The van der Waals surface area contributed by atoms with Gasteiger partial charge in [-0.1, -0.05) is 49.7 Å². The Hall–Kier alpha value is -1.39. The first-order valence-corrected chi connectivity index (χ1v) is 8.36. The van der Waals surface area contributed by atoms with Gasteiger partial charge in [-0.05, 0) is 31.7 Å². The van der Waals surface area contributed by atoms with E-state index in [9.17, 15) is 8.42 Å². The minimum Gasteiger partial charge on any atom is -0.207 e. The van der Waals surface area contributed by atoms with Gasteiger partial charge in [0.05, 0.1) is 4.90 Å². The maximum atomic E-state index is 12.6. The third kappa shape index (κ3) is 3.19. The zero-order valence-electron chi connectivity index (χ0n) is 12.2. The van der Waals surface area contributed by atoms with Crippen LogP contribution in [0.4, 0.5) is 0 Å². The molecule has 0 bridgehead atoms. The summed E-state index contributed by atoms with van der Waals surface area (Å²) in [6, 6.07) is 12.9. The predicted molar refractivity (Wildman–Crippen MR) is 83.3 cm³/mol. The summed E-state index contributed by atoms with van der Waals surface area (Å²) in [6.45, 7) is 5.88. The van der Waals surface area contributed by atoms with Gasteiger partial charge in [0.25, 0.3) is 0 Å². The van der Waals surface area contributed by atoms with E-state index in [1.807, 2.05) is 51.1 Å². The summed E-state index contributed by atoms with van der Waals surface area (Å²) in [6.07, 6.45) is 1.74. The summed E-state index contributed by atoms with van der Waals surface area (Å²) < 4.78 is 28.1. The Balaban J connectivity index is 2.47. The van der Waals surface area contributed by atoms with Crippen molar-refractivity contribution in [3.63, 3.8) is 0 Å². The lowest BCUT2D eigenvalue weighted by Crippen LogP contribution is -2.43. The second-order valence-electron chi connectivity index (χ2n) is 5.72. The highest BCUT2D eigenvalue weighted by Gasteiger charge is 2.26. The molecule has 0 saturated carbocycles. The van der Waals surface area contributed by atoms with E-state index in [1.54, 1.807) is 12.1 Å². The van der Waals surface area contributed by atoms with Gasteiger partial charge in [0, 0.05) is 10.9 Å². The summed E-state index contributed by atoms with van der Waals surface area (Å²) >= 11 is 0. The Morgan fingerprint density at radius 3 is 2.40 bits per heavy atom. The predicted octanol–water partition coefficient (Wildman–Crippen LogP) is 3.70. The van der Waals surface area contributed by atoms with Gasteiger partial charge in [-0.15, -0.1) is 0 Å². The molecule has 0 aliphatic carbocycles. The maximum Gasteiger partial charge on any atom is 0.241 e. The fourth-order valence-corrected chi connectivity index (χ4v) is 4.20. The molecule has 0 aromatic heterocycles. The molecule has 2 aromatic rings. The lowest BCUT2D eigenvalue weighted by atomic mass is 10.0. The van der Waals surface area contributed by atoms with Crippen molar-refractivity contribution in [3.8, 4) is 0 Å². The topological polar surface area (TPSA) is 46.2 Å². The van der Waals surface area contributed by atoms with E-state index in [-0.39, 0.29) is 0 Å². The minimum absolute atomic E-state index is 0.347. The Morgan fingerprint density at radius 2 is 1.70 bits per heavy atom. The van der Waals surface area contributed by atoms with Crippen molar-refractivity contribution in [2.45, 2.75) is 44.0 Å². The second kappa shape index (κ2) is 5.54. The van der Waals surface area contributed by atoms with Crippen LogP contribution in [0.1, 0.15) is 33.6 Å². The van der Waals surface area contributed by atoms with Crippen molar-refractivity contribution in [1.82, 2.24) is 4.72 Å². The van der Waals surface area contributed by atoms with Crippen LogP contribution in [0.25, 0.3) is 10.8 Å². The molecule has 0 aliphatic heterocycles. The van der Waals surface area contributed by atoms with Gasteiger partial charge in [-0.2, -0.15) is 0 Å². The summed E-state index contributed by atoms with van der Waals surface area (Å²) in [5, 5.41) is 1.69. The molecule has 0 atom stereocenters. The maximum absolute atomic E-state index is 12.6. The molecule has 0 aliphatic rings. The molecule has 4 heteroatoms. The molecule has 0 fully saturated rings. The molecule has 20 heavy (non-hydrogen) atoms. The zero-order valence-corrected chi connectivity index (χ0v) is 13.0. The zero-order chi connectivity index (χ0) is 14.8. The Kier molecular flexibility index (Phi) is 4.16. The van der Waals surface area contributed by atoms with Gasteiger partial charge in [0.1, 0.15) is 0 Å². The quantitative estimate of drug-likeness (QED) is 0.913. The van der Waals surface area contributed by atoms with Crippen LogP contribution in [0, 0.1) is 0 Å². The van der Waals surface area contributed by atoms with Crippen molar-refractivity contribution in [3.05, 3.63) is 42.5 Å². The van der Waals surface area contributed by atoms with E-state index in [2.05, 4.69) is 4.72 Å². The summed E-state index contributed by atoms with van der Waals surface area (Å²) in [5.41, 5.74) is -0.440. The summed E-state index contributed by atoms with van der Waals surface area (Å²) in [4.78, 5) is 0.347. The van der Waals surface area contributed by atoms with E-state index < -0.39 is 15.6 Å². The Bertz CT molecular complexity index is 700. The molecule has 0 saturated heterocycles. The number of nitrogens with one attached hydrogen (secondary N) is 1. The van der Waals surface area contributed by atoms with E-state index in [0.29, 0.717) is 4.90 Å². The van der Waals surface area contributed by atoms with Crippen LogP contribution in [-0.2, 0) is 10.0 Å². The van der Waals surface area contributed by atoms with Crippen LogP contribution in [-0.4, -0.2) is 14.0 Å². The third-order valence-electron chi connectivity index (χ3n) is 3.32. The molecule has 0 amide bonds. The third-order valence-corrected chi connectivity index (χ3v) is 5.08. The van der Waals surface area contributed by atoms with E-state index in [0.717, 1.165) is 23.6 Å². The first-order chi connectivity index (χ1) is 9.36. The van der Waals surface area contributed by atoms with Gasteiger partial charge in [0.2, 0.25) is 10.0 Å². The highest BCUT2D eigenvalue weighted by Crippen LogP contribution is 2.24. The highest BCUT2D eigenvalue weighted by atomic mass is 32.2. The first kappa shape index (κ1) is 15.0. The second-order valence-corrected chi connectivity index (χ2v) is 7.37. The van der Waals surface area contributed by atoms with Crippen molar-refractivity contribution >= 4 is 20.8 Å². The number of fused-ring (bicyclic) bond motifs is 1. The molecule has 1 N–H and O–H groups in total. The minimum atomic E-state index is -3.52. The Labute approximate surface area is 121 Å². The van der Waals surface area contributed by atoms with Crippen molar-refractivity contribution < 1.29 is 8.42 Å². The molecule has 0 unspecified atom stereocenters. The van der Waals surface area contributed by atoms with Gasteiger partial charge in [-0.3, -0.25) is 0 Å². The molecule has 0 heterocycles. The number of hydrogen-bond donors (Lipinski definition) is 1. The smallest absolute Gasteiger partial charge is 0.207 e. The lowest BCUT2D eigenvalue weighted by Gasteiger charge is -2.25. The lowest BCUT2D eigenvalue weighted by molar-refractivity contribution is 0.418. The fraction of sp³-hybridized carbons (Fsp3) is 0.375. The van der Waals surface area contributed by atoms with Crippen LogP contribution in [0.5, 0.6) is 0 Å². The molecule has 0 radical (unpaired) electrons. The standard InChI is InChI=1S/C16H21NO2S/c1-4-12-16(2,3)17-20(18,19)15-11-7-9-13-8-5-6-10-14(13)15/h5-11,17H,4,12H2,1-3H3. The molecule has 108 valence electrons. The molecular formula is C16H21NO2S. The molecule has 3 nitrogen and oxygen atoms in total. The van der Waals surface area contributed by atoms with Gasteiger partial charge >= 0.3 is 0 Å². The summed E-state index contributed by atoms with van der Waals surface area (Å²) in [5.74, 6) is 0. The van der Waals surface area contributed by atoms with Crippen LogP contribution in [0.2, 0.25) is 0 Å². The van der Waals surface area contributed by atoms with Crippen LogP contribution in [0.3, 0.4) is 0 Å². The number of benzene rings is 2. The van der Waals surface area contributed by atoms with Gasteiger partial charge in [0.15, 0.2) is 0 Å². The van der Waals surface area contributed by atoms with Gasteiger partial charge in [-0.25, -0.2) is 13.1 Å². The average Bonchev–Trinajstić information content (AvgIpc) is 2.36. The van der Waals surface area contributed by atoms with E-state index >= 15 is 0 Å². The average molecular weight is 291 g/mol. The van der Waals surface area contributed by atoms with Crippen LogP contribution in [0.15, 0.2) is 47.4 Å². The number of sulfonamides is 1. The Morgan fingerprint density at radius 1 is 1.05 bits per heavy atom. The van der Waals surface area contributed by atoms with Crippen LogP contribution >= 0.6 is 0 Å². The van der Waals surface area contributed by atoms with Crippen molar-refractivity contribution in [2.24, 2.45) is 0 Å². The molecule has 0 spiro atoms. The first-order valence-electron chi connectivity index (χ1n) is 6.87. The number of hydrogen-bond acceptors (Lipinski definition) is 2. The van der Waals surface area contributed by atoms with Crippen molar-refractivity contribution in [1.29, 1.82) is 0 Å². The normalized spacial score (nSPS) is 12.8. The summed E-state index contributed by atoms with van der Waals surface area (Å²) in [7, 11) is -3.52. The molecular weight excluding hydrogens is 270 g/mol. The monoisotopic (exact) mass is 291 g/mol. The molecule has 2 rings (SSSR count). The largest absolute Gasteiger partial charge is 0.241 e. The highest BCUT2D eigenvalue weighted by molar-refractivity contribution is 7.89. The fourth-order valence-electron chi connectivity index (χ4n) is 2.52. The SMILES string of the molecule is CCCC(C)(C)NS(=O)(=O)c1cccc2ccccc12. The number of rotatable bonds is 5.